The van der Waals surface area contributed by atoms with E-state index in [0.717, 1.165) is 5.69 Å². The van der Waals surface area contributed by atoms with Gasteiger partial charge in [0.1, 0.15) is 11.4 Å². The molecule has 1 aliphatic rings. The SMILES string of the molecule is O=C(c1cc2ccc(F)cc2[nH]c1=O)N1CCN(c2cccc(Cl)c2)CC1. The lowest BCUT2D eigenvalue weighted by atomic mass is 10.1. The predicted octanol–water partition coefficient (Wildman–Crippen LogP) is 3.28. The Morgan fingerprint density at radius 2 is 1.81 bits per heavy atom. The first-order valence-corrected chi connectivity index (χ1v) is 9.01. The van der Waals surface area contributed by atoms with Gasteiger partial charge in [-0.2, -0.15) is 0 Å². The minimum atomic E-state index is -0.504. The van der Waals surface area contributed by atoms with Gasteiger partial charge in [0.25, 0.3) is 11.5 Å². The molecule has 3 aromatic rings. The number of carbonyl (C=O) groups is 1. The van der Waals surface area contributed by atoms with E-state index in [0.29, 0.717) is 42.1 Å². The maximum absolute atomic E-state index is 13.3. The van der Waals surface area contributed by atoms with Gasteiger partial charge in [0.2, 0.25) is 0 Å². The number of rotatable bonds is 2. The summed E-state index contributed by atoms with van der Waals surface area (Å²) in [6.07, 6.45) is 0. The summed E-state index contributed by atoms with van der Waals surface area (Å²) in [5, 5.41) is 1.29. The highest BCUT2D eigenvalue weighted by molar-refractivity contribution is 6.30. The lowest BCUT2D eigenvalue weighted by Crippen LogP contribution is -2.49. The van der Waals surface area contributed by atoms with Crippen molar-refractivity contribution in [3.05, 3.63) is 75.3 Å². The van der Waals surface area contributed by atoms with Crippen LogP contribution in [0.15, 0.2) is 53.3 Å². The van der Waals surface area contributed by atoms with Gasteiger partial charge in [-0.15, -0.1) is 0 Å². The molecule has 1 amide bonds. The Bertz CT molecular complexity index is 1070. The van der Waals surface area contributed by atoms with Crippen LogP contribution in [0.4, 0.5) is 10.1 Å². The summed E-state index contributed by atoms with van der Waals surface area (Å²) in [7, 11) is 0. The molecule has 27 heavy (non-hydrogen) atoms. The van der Waals surface area contributed by atoms with Crippen LogP contribution in [-0.4, -0.2) is 42.0 Å². The minimum Gasteiger partial charge on any atom is -0.368 e. The highest BCUT2D eigenvalue weighted by Gasteiger charge is 2.24. The number of H-pyrrole nitrogens is 1. The molecule has 1 N–H and O–H groups in total. The van der Waals surface area contributed by atoms with Crippen molar-refractivity contribution in [3.8, 4) is 0 Å². The van der Waals surface area contributed by atoms with Crippen LogP contribution >= 0.6 is 11.6 Å². The zero-order chi connectivity index (χ0) is 19.0. The van der Waals surface area contributed by atoms with Crippen molar-refractivity contribution in [2.75, 3.05) is 31.1 Å². The highest BCUT2D eigenvalue weighted by atomic mass is 35.5. The number of aromatic amines is 1. The highest BCUT2D eigenvalue weighted by Crippen LogP contribution is 2.21. The Labute approximate surface area is 160 Å². The number of aromatic nitrogens is 1. The number of piperazine rings is 1. The number of pyridine rings is 1. The van der Waals surface area contributed by atoms with Crippen molar-refractivity contribution in [3.63, 3.8) is 0 Å². The molecule has 7 heteroatoms. The van der Waals surface area contributed by atoms with E-state index in [1.165, 1.54) is 18.2 Å². The van der Waals surface area contributed by atoms with E-state index in [4.69, 9.17) is 11.6 Å². The van der Waals surface area contributed by atoms with Crippen molar-refractivity contribution in [1.29, 1.82) is 0 Å². The molecule has 1 fully saturated rings. The van der Waals surface area contributed by atoms with E-state index < -0.39 is 11.4 Å². The molecule has 0 unspecified atom stereocenters. The molecule has 1 aromatic heterocycles. The van der Waals surface area contributed by atoms with E-state index >= 15 is 0 Å². The van der Waals surface area contributed by atoms with Gasteiger partial charge in [0.05, 0.1) is 5.52 Å². The van der Waals surface area contributed by atoms with Crippen LogP contribution in [0.5, 0.6) is 0 Å². The number of nitrogens with zero attached hydrogens (tertiary/aromatic N) is 2. The van der Waals surface area contributed by atoms with Gasteiger partial charge in [-0.25, -0.2) is 4.39 Å². The molecule has 2 heterocycles. The average Bonchev–Trinajstić information content (AvgIpc) is 2.67. The van der Waals surface area contributed by atoms with Crippen molar-refractivity contribution in [2.24, 2.45) is 0 Å². The summed E-state index contributed by atoms with van der Waals surface area (Å²) in [6, 6.07) is 13.2. The Morgan fingerprint density at radius 1 is 1.04 bits per heavy atom. The monoisotopic (exact) mass is 385 g/mol. The third-order valence-corrected chi connectivity index (χ3v) is 5.01. The van der Waals surface area contributed by atoms with Crippen LogP contribution in [0.2, 0.25) is 5.02 Å². The van der Waals surface area contributed by atoms with Crippen LogP contribution in [0.25, 0.3) is 10.9 Å². The van der Waals surface area contributed by atoms with Gasteiger partial charge in [-0.1, -0.05) is 17.7 Å². The molecular formula is C20H17ClFN3O2. The molecule has 0 radical (unpaired) electrons. The Balaban J connectivity index is 1.52. The van der Waals surface area contributed by atoms with Gasteiger partial charge in [-0.3, -0.25) is 9.59 Å². The lowest BCUT2D eigenvalue weighted by molar-refractivity contribution is 0.0745. The van der Waals surface area contributed by atoms with E-state index in [2.05, 4.69) is 9.88 Å². The van der Waals surface area contributed by atoms with Gasteiger partial charge >= 0.3 is 0 Å². The van der Waals surface area contributed by atoms with Gasteiger partial charge in [-0.05, 0) is 47.9 Å². The smallest absolute Gasteiger partial charge is 0.261 e. The number of halogens is 2. The third-order valence-electron chi connectivity index (χ3n) is 4.78. The summed E-state index contributed by atoms with van der Waals surface area (Å²) in [5.41, 5.74) is 0.961. The molecule has 0 saturated carbocycles. The van der Waals surface area contributed by atoms with Crippen molar-refractivity contribution in [2.45, 2.75) is 0 Å². The lowest BCUT2D eigenvalue weighted by Gasteiger charge is -2.36. The molecule has 0 aliphatic carbocycles. The molecule has 0 bridgehead atoms. The molecule has 2 aromatic carbocycles. The standard InChI is InChI=1S/C20H17ClFN3O2/c21-14-2-1-3-16(11-14)24-6-8-25(9-7-24)20(27)17-10-13-4-5-15(22)12-18(13)23-19(17)26/h1-5,10-12H,6-9H2,(H,23,26). The molecule has 0 atom stereocenters. The minimum absolute atomic E-state index is 0.0744. The van der Waals surface area contributed by atoms with Gasteiger partial charge in [0.15, 0.2) is 0 Å². The normalized spacial score (nSPS) is 14.6. The topological polar surface area (TPSA) is 56.4 Å². The second-order valence-corrected chi connectivity index (χ2v) is 6.94. The maximum atomic E-state index is 13.3. The van der Waals surface area contributed by atoms with Crippen LogP contribution in [-0.2, 0) is 0 Å². The second kappa shape index (κ2) is 7.04. The zero-order valence-electron chi connectivity index (χ0n) is 14.4. The summed E-state index contributed by atoms with van der Waals surface area (Å²) in [6.45, 7) is 2.32. The van der Waals surface area contributed by atoms with E-state index in [1.807, 2.05) is 24.3 Å². The zero-order valence-corrected chi connectivity index (χ0v) is 15.2. The van der Waals surface area contributed by atoms with Gasteiger partial charge in [0, 0.05) is 36.9 Å². The fraction of sp³-hybridized carbons (Fsp3) is 0.200. The largest absolute Gasteiger partial charge is 0.368 e. The molecule has 0 spiro atoms. The van der Waals surface area contributed by atoms with Crippen LogP contribution in [0, 0.1) is 5.82 Å². The summed E-state index contributed by atoms with van der Waals surface area (Å²) in [5.74, 6) is -0.748. The average molecular weight is 386 g/mol. The Kier molecular flexibility index (Phi) is 4.58. The predicted molar refractivity (Wildman–Crippen MR) is 104 cm³/mol. The number of carbonyl (C=O) groups excluding carboxylic acids is 1. The Morgan fingerprint density at radius 3 is 2.56 bits per heavy atom. The van der Waals surface area contributed by atoms with Gasteiger partial charge < -0.3 is 14.8 Å². The quantitative estimate of drug-likeness (QED) is 0.736. The molecule has 1 aliphatic heterocycles. The number of anilines is 1. The first kappa shape index (κ1) is 17.5. The Hall–Kier alpha value is -2.86. The summed E-state index contributed by atoms with van der Waals surface area (Å²) in [4.78, 5) is 31.5. The van der Waals surface area contributed by atoms with E-state index in [1.54, 1.807) is 11.0 Å². The number of amides is 1. The first-order valence-electron chi connectivity index (χ1n) is 8.64. The number of hydrogen-bond donors (Lipinski definition) is 1. The van der Waals surface area contributed by atoms with E-state index in [9.17, 15) is 14.0 Å². The molecule has 4 rings (SSSR count). The van der Waals surface area contributed by atoms with Crippen LogP contribution < -0.4 is 10.5 Å². The van der Waals surface area contributed by atoms with E-state index in [-0.39, 0.29) is 11.5 Å². The first-order chi connectivity index (χ1) is 13.0. The summed E-state index contributed by atoms with van der Waals surface area (Å²) < 4.78 is 13.3. The fourth-order valence-corrected chi connectivity index (χ4v) is 3.53. The second-order valence-electron chi connectivity index (χ2n) is 6.50. The number of benzene rings is 2. The molecular weight excluding hydrogens is 369 g/mol. The van der Waals surface area contributed by atoms with Crippen LogP contribution in [0.3, 0.4) is 0 Å². The van der Waals surface area contributed by atoms with Crippen molar-refractivity contribution in [1.82, 2.24) is 9.88 Å². The number of fused-ring (bicyclic) bond motifs is 1. The molecule has 1 saturated heterocycles. The summed E-state index contributed by atoms with van der Waals surface area (Å²) >= 11 is 6.05. The number of hydrogen-bond acceptors (Lipinski definition) is 3. The number of nitrogens with one attached hydrogen (secondary N) is 1. The van der Waals surface area contributed by atoms with Crippen LogP contribution in [0.1, 0.15) is 10.4 Å². The fourth-order valence-electron chi connectivity index (χ4n) is 3.34. The molecule has 138 valence electrons. The molecule has 5 nitrogen and oxygen atoms in total. The van der Waals surface area contributed by atoms with Crippen molar-refractivity contribution >= 4 is 34.1 Å². The maximum Gasteiger partial charge on any atom is 0.261 e. The van der Waals surface area contributed by atoms with Crippen molar-refractivity contribution < 1.29 is 9.18 Å². The third kappa shape index (κ3) is 3.53.